The SMILES string of the molecule is C1=C[C@H](CC[C@H]2C=CC3=C2CCCC3)C2=C1CCCC2.[Cl][Zr][Cl]. The van der Waals surface area contributed by atoms with Crippen LogP contribution in [0.4, 0.5) is 0 Å². The van der Waals surface area contributed by atoms with E-state index in [1.807, 2.05) is 0 Å². The van der Waals surface area contributed by atoms with Crippen molar-refractivity contribution in [2.24, 2.45) is 11.8 Å². The van der Waals surface area contributed by atoms with E-state index in [-0.39, 0.29) is 0 Å². The molecule has 0 fully saturated rings. The van der Waals surface area contributed by atoms with E-state index in [1.54, 1.807) is 22.3 Å². The maximum absolute atomic E-state index is 4.93. The zero-order chi connectivity index (χ0) is 16.1. The average molecular weight is 429 g/mol. The van der Waals surface area contributed by atoms with E-state index in [2.05, 4.69) is 24.3 Å². The summed E-state index contributed by atoms with van der Waals surface area (Å²) < 4.78 is 0. The molecule has 0 saturated heterocycles. The Morgan fingerprint density at radius 1 is 0.739 bits per heavy atom. The molecule has 0 aromatic carbocycles. The van der Waals surface area contributed by atoms with E-state index >= 15 is 0 Å². The topological polar surface area (TPSA) is 0 Å². The van der Waals surface area contributed by atoms with Crippen LogP contribution in [0.15, 0.2) is 46.6 Å². The summed E-state index contributed by atoms with van der Waals surface area (Å²) in [5, 5.41) is 0. The van der Waals surface area contributed by atoms with Crippen LogP contribution in [0.5, 0.6) is 0 Å². The normalized spacial score (nSPS) is 28.4. The first-order valence-electron chi connectivity index (χ1n) is 9.10. The number of halogens is 2. The molecule has 4 aliphatic rings. The Morgan fingerprint density at radius 2 is 1.13 bits per heavy atom. The minimum atomic E-state index is -0.826. The van der Waals surface area contributed by atoms with Gasteiger partial charge in [-0.05, 0) is 87.2 Å². The van der Waals surface area contributed by atoms with Crippen LogP contribution in [0, 0.1) is 11.8 Å². The summed E-state index contributed by atoms with van der Waals surface area (Å²) in [6.45, 7) is 0. The first-order chi connectivity index (χ1) is 11.3. The molecule has 0 N–H and O–H groups in total. The molecule has 2 atom stereocenters. The summed E-state index contributed by atoms with van der Waals surface area (Å²) in [5.41, 5.74) is 6.99. The van der Waals surface area contributed by atoms with Gasteiger partial charge >= 0.3 is 37.9 Å². The summed E-state index contributed by atoms with van der Waals surface area (Å²) in [7, 11) is 9.87. The summed E-state index contributed by atoms with van der Waals surface area (Å²) in [6, 6.07) is 0. The minimum absolute atomic E-state index is 0.784. The van der Waals surface area contributed by atoms with E-state index < -0.39 is 20.8 Å². The van der Waals surface area contributed by atoms with Gasteiger partial charge in [0.1, 0.15) is 0 Å². The quantitative estimate of drug-likeness (QED) is 0.444. The Morgan fingerprint density at radius 3 is 1.57 bits per heavy atom. The number of rotatable bonds is 3. The van der Waals surface area contributed by atoms with Crippen LogP contribution in [-0.4, -0.2) is 0 Å². The molecular weight excluding hydrogens is 402 g/mol. The fourth-order valence-electron chi connectivity index (χ4n) is 4.73. The summed E-state index contributed by atoms with van der Waals surface area (Å²) in [6.07, 6.45) is 23.8. The molecule has 0 radical (unpaired) electrons. The van der Waals surface area contributed by atoms with Gasteiger partial charge in [-0.3, -0.25) is 0 Å². The molecule has 0 aliphatic heterocycles. The Kier molecular flexibility index (Phi) is 7.30. The van der Waals surface area contributed by atoms with Crippen molar-refractivity contribution in [2.45, 2.75) is 64.2 Å². The van der Waals surface area contributed by atoms with Crippen LogP contribution in [0.2, 0.25) is 0 Å². The maximum atomic E-state index is 4.93. The van der Waals surface area contributed by atoms with Crippen molar-refractivity contribution in [3.8, 4) is 0 Å². The molecule has 4 rings (SSSR count). The third kappa shape index (κ3) is 4.53. The van der Waals surface area contributed by atoms with E-state index in [0.717, 1.165) is 11.8 Å². The van der Waals surface area contributed by atoms with Gasteiger partial charge < -0.3 is 0 Å². The van der Waals surface area contributed by atoms with E-state index in [4.69, 9.17) is 17.0 Å². The fourth-order valence-corrected chi connectivity index (χ4v) is 4.73. The van der Waals surface area contributed by atoms with Gasteiger partial charge in [-0.25, -0.2) is 0 Å². The molecule has 0 unspecified atom stereocenters. The zero-order valence-corrected chi connectivity index (χ0v) is 17.8. The van der Waals surface area contributed by atoms with Gasteiger partial charge in [0.15, 0.2) is 0 Å². The van der Waals surface area contributed by atoms with E-state index in [0.29, 0.717) is 0 Å². The molecule has 4 aliphatic carbocycles. The van der Waals surface area contributed by atoms with Gasteiger partial charge in [0.05, 0.1) is 0 Å². The fraction of sp³-hybridized carbons (Fsp3) is 0.600. The van der Waals surface area contributed by atoms with Gasteiger partial charge in [0.2, 0.25) is 0 Å². The molecule has 0 nitrogen and oxygen atoms in total. The molecule has 0 aromatic rings. The summed E-state index contributed by atoms with van der Waals surface area (Å²) in [4.78, 5) is 0. The predicted octanol–water partition coefficient (Wildman–Crippen LogP) is 7.26. The molecule has 0 heterocycles. The zero-order valence-electron chi connectivity index (χ0n) is 13.8. The van der Waals surface area contributed by atoms with E-state index in [1.165, 1.54) is 64.2 Å². The van der Waals surface area contributed by atoms with E-state index in [9.17, 15) is 0 Å². The second-order valence-corrected chi connectivity index (χ2v) is 10.8. The van der Waals surface area contributed by atoms with Gasteiger partial charge in [-0.1, -0.05) is 35.5 Å². The predicted molar refractivity (Wildman–Crippen MR) is 97.2 cm³/mol. The first-order valence-corrected chi connectivity index (χ1v) is 15.4. The summed E-state index contributed by atoms with van der Waals surface area (Å²) >= 11 is -0.826. The number of allylic oxidation sites excluding steroid dienone is 8. The van der Waals surface area contributed by atoms with Crippen LogP contribution >= 0.6 is 17.0 Å². The van der Waals surface area contributed by atoms with Crippen LogP contribution in [0.25, 0.3) is 0 Å². The van der Waals surface area contributed by atoms with Crippen LogP contribution in [-0.2, 0) is 20.8 Å². The van der Waals surface area contributed by atoms with Gasteiger partial charge in [0.25, 0.3) is 0 Å². The average Bonchev–Trinajstić information content (AvgIpc) is 3.18. The van der Waals surface area contributed by atoms with Crippen molar-refractivity contribution >= 4 is 17.0 Å². The number of hydrogen-bond acceptors (Lipinski definition) is 0. The molecular formula is C20H26Cl2Zr. The van der Waals surface area contributed by atoms with Crippen molar-refractivity contribution in [1.29, 1.82) is 0 Å². The molecule has 0 amide bonds. The van der Waals surface area contributed by atoms with Gasteiger partial charge in [-0.15, -0.1) is 0 Å². The molecule has 0 aromatic heterocycles. The second kappa shape index (κ2) is 9.21. The molecule has 23 heavy (non-hydrogen) atoms. The van der Waals surface area contributed by atoms with Crippen LogP contribution in [0.1, 0.15) is 64.2 Å². The Balaban J connectivity index is 0.000000485. The monoisotopic (exact) mass is 426 g/mol. The molecule has 3 heteroatoms. The second-order valence-electron chi connectivity index (χ2n) is 7.10. The van der Waals surface area contributed by atoms with Crippen molar-refractivity contribution in [3.63, 3.8) is 0 Å². The Hall–Kier alpha value is 0.423. The van der Waals surface area contributed by atoms with Crippen LogP contribution < -0.4 is 0 Å². The third-order valence-electron chi connectivity index (χ3n) is 5.85. The summed E-state index contributed by atoms with van der Waals surface area (Å²) in [5.74, 6) is 1.57. The standard InChI is InChI=1S/C20H26.2ClH.Zr/c1-3-7-19-15(5-1)9-11-17(19)13-14-18-12-10-16-6-2-4-8-20(16)18;;;/h9-12,17-18H,1-8,13-14H2;2*1H;/q;;;+2/p-2/t17-,18-;;;/m1.../s1. The van der Waals surface area contributed by atoms with Crippen molar-refractivity contribution in [1.82, 2.24) is 0 Å². The van der Waals surface area contributed by atoms with Crippen LogP contribution in [0.3, 0.4) is 0 Å². The molecule has 124 valence electrons. The third-order valence-corrected chi connectivity index (χ3v) is 5.85. The Labute approximate surface area is 159 Å². The first kappa shape index (κ1) is 18.2. The molecule has 0 spiro atoms. The van der Waals surface area contributed by atoms with Crippen molar-refractivity contribution < 1.29 is 20.8 Å². The molecule has 0 bridgehead atoms. The molecule has 0 saturated carbocycles. The van der Waals surface area contributed by atoms with Gasteiger partial charge in [0, 0.05) is 0 Å². The number of hydrogen-bond donors (Lipinski definition) is 0. The van der Waals surface area contributed by atoms with Crippen molar-refractivity contribution in [3.05, 3.63) is 46.6 Å². The Bertz CT molecular complexity index is 494. The van der Waals surface area contributed by atoms with Gasteiger partial charge in [-0.2, -0.15) is 0 Å². The van der Waals surface area contributed by atoms with Crippen molar-refractivity contribution in [2.75, 3.05) is 0 Å².